The van der Waals surface area contributed by atoms with Crippen LogP contribution in [0, 0.1) is 58.2 Å². The number of allylic oxidation sites excluding steroid dienone is 6. The van der Waals surface area contributed by atoms with Crippen molar-refractivity contribution in [2.45, 2.75) is 172 Å². The predicted octanol–water partition coefficient (Wildman–Crippen LogP) is 2.84. The van der Waals surface area contributed by atoms with E-state index in [2.05, 4.69) is 29.7 Å². The first-order valence-electron chi connectivity index (χ1n) is 24.1. The van der Waals surface area contributed by atoms with E-state index in [1.54, 1.807) is 13.8 Å². The summed E-state index contributed by atoms with van der Waals surface area (Å²) in [5.74, 6) is -2.22. The van der Waals surface area contributed by atoms with Gasteiger partial charge in [0.25, 0.3) is 0 Å². The lowest BCUT2D eigenvalue weighted by Gasteiger charge is -2.64. The number of nitrogens with two attached hydrogens (primary N) is 1. The van der Waals surface area contributed by atoms with E-state index >= 15 is 4.79 Å². The van der Waals surface area contributed by atoms with Gasteiger partial charge in [0, 0.05) is 48.6 Å². The lowest BCUT2D eigenvalue weighted by molar-refractivity contribution is -0.205. The van der Waals surface area contributed by atoms with Gasteiger partial charge in [-0.15, -0.1) is 0 Å². The third-order valence-electron chi connectivity index (χ3n) is 18.0. The third kappa shape index (κ3) is 7.50. The molecule has 0 bridgehead atoms. The van der Waals surface area contributed by atoms with Crippen molar-refractivity contribution in [1.29, 1.82) is 0 Å². The summed E-state index contributed by atoms with van der Waals surface area (Å²) in [6.45, 7) is 7.39. The van der Waals surface area contributed by atoms with Crippen molar-refractivity contribution in [3.63, 3.8) is 0 Å². The first-order chi connectivity index (χ1) is 29.4. The van der Waals surface area contributed by atoms with Crippen molar-refractivity contribution < 1.29 is 50.4 Å². The molecule has 5 fully saturated rings. The standard InChI is InChI=1S/C49H77N3O10/c1-5-7-27-9-13-31-32(25-54)44(62-37(31)15-10-27)45(59)47(4,60)38-17-18-49(61)41-40-29(21-46(38,49)3)12-11-28(30-14-16-39(50)52-34(30)8-6-19-53)22-48(40)23-36(57)35(56)20-33(48)43(58)42(41)51-24-26(2)55/h11-12,14,16,26-29,31-33,35-40,44-45,51-57,59-61H,5-10,13,15,17-25,50H2,1-4H3. The summed E-state index contributed by atoms with van der Waals surface area (Å²) >= 11 is 0. The SMILES string of the molecule is CCCC1CCC2OC(C(O)C(C)(O)C3CCC4(O)C5=C(NCC(C)O)C(=O)C6CC(O)C(O)CC67CC(C6=C(CCCO)NC(N)C=C6)C=CC(CC34C)C57)C(CO)C2CC1. The maximum Gasteiger partial charge on any atom is 0.182 e. The van der Waals surface area contributed by atoms with Gasteiger partial charge in [0.1, 0.15) is 6.10 Å². The second-order valence-electron chi connectivity index (χ2n) is 21.6. The fraction of sp³-hybridized carbons (Fsp3) is 0.816. The molecule has 19 unspecified atom stereocenters. The highest BCUT2D eigenvalue weighted by molar-refractivity contribution is 6.00. The maximum atomic E-state index is 15.3. The van der Waals surface area contributed by atoms with Crippen molar-refractivity contribution in [3.05, 3.63) is 46.8 Å². The molecular weight excluding hydrogens is 791 g/mol. The molecule has 12 N–H and O–H groups in total. The molecule has 0 aromatic heterocycles. The first kappa shape index (κ1) is 46.4. The number of Topliss-reactive ketones (excluding diaryl/α,β-unsaturated/α-hetero) is 1. The van der Waals surface area contributed by atoms with Crippen LogP contribution >= 0.6 is 0 Å². The van der Waals surface area contributed by atoms with E-state index in [1.165, 1.54) is 6.42 Å². The maximum absolute atomic E-state index is 15.3. The Kier molecular flexibility index (Phi) is 13.1. The number of hydrogen-bond acceptors (Lipinski definition) is 13. The number of ether oxygens (including phenoxy) is 1. The molecule has 2 heterocycles. The second kappa shape index (κ2) is 17.6. The summed E-state index contributed by atoms with van der Waals surface area (Å²) in [7, 11) is 0. The van der Waals surface area contributed by atoms with Crippen LogP contribution in [0.15, 0.2) is 46.8 Å². The van der Waals surface area contributed by atoms with E-state index in [-0.39, 0.29) is 80.3 Å². The zero-order valence-corrected chi connectivity index (χ0v) is 37.5. The molecule has 8 aliphatic rings. The fourth-order valence-corrected chi connectivity index (χ4v) is 15.2. The van der Waals surface area contributed by atoms with Gasteiger partial charge in [-0.3, -0.25) is 4.79 Å². The largest absolute Gasteiger partial charge is 0.396 e. The minimum Gasteiger partial charge on any atom is -0.396 e. The van der Waals surface area contributed by atoms with Gasteiger partial charge in [0.05, 0.1) is 53.6 Å². The molecule has 4 saturated carbocycles. The molecule has 62 heavy (non-hydrogen) atoms. The molecule has 0 radical (unpaired) electrons. The number of dihydropyridines is 1. The number of rotatable bonds is 13. The number of ketones is 1. The Morgan fingerprint density at radius 2 is 1.81 bits per heavy atom. The Bertz CT molecular complexity index is 1800. The molecule has 6 aliphatic carbocycles. The van der Waals surface area contributed by atoms with E-state index in [4.69, 9.17) is 10.5 Å². The summed E-state index contributed by atoms with van der Waals surface area (Å²) in [6.07, 6.45) is 11.4. The molecule has 19 atom stereocenters. The zero-order valence-electron chi connectivity index (χ0n) is 37.5. The van der Waals surface area contributed by atoms with Crippen LogP contribution < -0.4 is 16.4 Å². The topological polar surface area (TPSA) is 238 Å². The molecule has 0 amide bonds. The number of aliphatic hydroxyl groups excluding tert-OH is 6. The van der Waals surface area contributed by atoms with E-state index in [0.29, 0.717) is 43.6 Å². The van der Waals surface area contributed by atoms with E-state index in [9.17, 15) is 40.9 Å². The third-order valence-corrected chi connectivity index (χ3v) is 18.0. The molecule has 0 aromatic carbocycles. The van der Waals surface area contributed by atoms with Crippen LogP contribution in [0.25, 0.3) is 0 Å². The smallest absolute Gasteiger partial charge is 0.182 e. The van der Waals surface area contributed by atoms with Crippen LogP contribution in [0.2, 0.25) is 0 Å². The molecule has 1 saturated heterocycles. The Morgan fingerprint density at radius 3 is 2.52 bits per heavy atom. The highest BCUT2D eigenvalue weighted by atomic mass is 16.5. The lowest BCUT2D eigenvalue weighted by atomic mass is 9.41. The number of carbonyl (C=O) groups excluding carboxylic acids is 1. The highest BCUT2D eigenvalue weighted by Gasteiger charge is 2.74. The Labute approximate surface area is 368 Å². The van der Waals surface area contributed by atoms with Crippen molar-refractivity contribution in [3.8, 4) is 0 Å². The molecule has 1 spiro atoms. The molecule has 13 nitrogen and oxygen atoms in total. The van der Waals surface area contributed by atoms with Gasteiger partial charge >= 0.3 is 0 Å². The Morgan fingerprint density at radius 1 is 1.05 bits per heavy atom. The van der Waals surface area contributed by atoms with Crippen molar-refractivity contribution >= 4 is 5.78 Å². The van der Waals surface area contributed by atoms with Crippen LogP contribution in [0.3, 0.4) is 0 Å². The van der Waals surface area contributed by atoms with Gasteiger partial charge in [0.15, 0.2) is 5.78 Å². The van der Waals surface area contributed by atoms with Crippen LogP contribution in [-0.4, -0.2) is 120 Å². The monoisotopic (exact) mass is 868 g/mol. The Balaban J connectivity index is 1.22. The Hall–Kier alpha value is -2.17. The minimum atomic E-state index is -1.77. The van der Waals surface area contributed by atoms with Gasteiger partial charge in [-0.05, 0) is 137 Å². The van der Waals surface area contributed by atoms with E-state index in [0.717, 1.165) is 43.4 Å². The van der Waals surface area contributed by atoms with Gasteiger partial charge in [-0.1, -0.05) is 51.3 Å². The van der Waals surface area contributed by atoms with Crippen LogP contribution in [0.5, 0.6) is 0 Å². The van der Waals surface area contributed by atoms with Gasteiger partial charge < -0.3 is 62.0 Å². The van der Waals surface area contributed by atoms with E-state index < -0.39 is 76.5 Å². The van der Waals surface area contributed by atoms with Crippen molar-refractivity contribution in [2.75, 3.05) is 19.8 Å². The van der Waals surface area contributed by atoms with Gasteiger partial charge in [0.2, 0.25) is 0 Å². The number of fused-ring (bicyclic) bond motifs is 3. The molecular formula is C49H77N3O10. The summed E-state index contributed by atoms with van der Waals surface area (Å²) in [4.78, 5) is 15.3. The van der Waals surface area contributed by atoms with Crippen molar-refractivity contribution in [2.24, 2.45) is 63.9 Å². The molecule has 0 aromatic rings. The zero-order chi connectivity index (χ0) is 44.5. The second-order valence-corrected chi connectivity index (χ2v) is 21.6. The summed E-state index contributed by atoms with van der Waals surface area (Å²) in [6, 6.07) is 0. The normalized spacial score (nSPS) is 45.8. The molecule has 2 aliphatic heterocycles. The van der Waals surface area contributed by atoms with Crippen molar-refractivity contribution in [1.82, 2.24) is 10.6 Å². The fourth-order valence-electron chi connectivity index (χ4n) is 15.2. The average molecular weight is 868 g/mol. The minimum absolute atomic E-state index is 0.00795. The number of aliphatic hydroxyl groups is 8. The molecule has 8 rings (SSSR count). The number of nitrogens with one attached hydrogen (secondary N) is 2. The lowest BCUT2D eigenvalue weighted by Crippen LogP contribution is -2.67. The highest BCUT2D eigenvalue weighted by Crippen LogP contribution is 2.73. The quantitative estimate of drug-likeness (QED) is 0.120. The number of carbonyl (C=O) groups is 1. The average Bonchev–Trinajstić information content (AvgIpc) is 3.57. The summed E-state index contributed by atoms with van der Waals surface area (Å²) in [5.41, 5.74) is 3.66. The summed E-state index contributed by atoms with van der Waals surface area (Å²) < 4.78 is 6.70. The predicted molar refractivity (Wildman–Crippen MR) is 233 cm³/mol. The first-order valence-corrected chi connectivity index (χ1v) is 24.1. The van der Waals surface area contributed by atoms with Crippen LogP contribution in [-0.2, 0) is 9.53 Å². The molecule has 13 heteroatoms. The van der Waals surface area contributed by atoms with Crippen LogP contribution in [0.4, 0.5) is 0 Å². The number of hydrogen-bond donors (Lipinski definition) is 11. The molecule has 348 valence electrons. The van der Waals surface area contributed by atoms with E-state index in [1.807, 2.05) is 19.1 Å². The van der Waals surface area contributed by atoms with Crippen LogP contribution in [0.1, 0.15) is 118 Å². The van der Waals surface area contributed by atoms with Gasteiger partial charge in [-0.2, -0.15) is 0 Å². The van der Waals surface area contributed by atoms with Gasteiger partial charge in [-0.25, -0.2) is 0 Å². The summed E-state index contributed by atoms with van der Waals surface area (Å²) in [5, 5.41) is 100.